The van der Waals surface area contributed by atoms with E-state index in [-0.39, 0.29) is 18.2 Å². The summed E-state index contributed by atoms with van der Waals surface area (Å²) in [4.78, 5) is 23.3. The third-order valence-electron chi connectivity index (χ3n) is 3.42. The molecule has 0 N–H and O–H groups in total. The molecule has 2 aromatic carbocycles. The zero-order valence-electron chi connectivity index (χ0n) is 12.9. The second kappa shape index (κ2) is 7.54. The molecule has 0 saturated carbocycles. The van der Waals surface area contributed by atoms with Gasteiger partial charge < -0.3 is 9.47 Å². The second-order valence-electron chi connectivity index (χ2n) is 5.15. The van der Waals surface area contributed by atoms with E-state index in [2.05, 4.69) is 4.74 Å². The molecule has 0 radical (unpaired) electrons. The molecule has 0 heterocycles. The Morgan fingerprint density at radius 1 is 1.04 bits per heavy atom. The van der Waals surface area contributed by atoms with Crippen LogP contribution in [0.25, 0.3) is 0 Å². The largest absolute Gasteiger partial charge is 0.465 e. The van der Waals surface area contributed by atoms with Gasteiger partial charge >= 0.3 is 11.9 Å². The van der Waals surface area contributed by atoms with Crippen LogP contribution in [0.15, 0.2) is 48.5 Å². The van der Waals surface area contributed by atoms with Crippen LogP contribution in [0.1, 0.15) is 35.2 Å². The predicted octanol–water partition coefficient (Wildman–Crippen LogP) is 3.71. The summed E-state index contributed by atoms with van der Waals surface area (Å²) in [6, 6.07) is 12.2. The Balaban J connectivity index is 1.93. The molecular weight excluding hydrogens is 299 g/mol. The third kappa shape index (κ3) is 4.64. The fourth-order valence-corrected chi connectivity index (χ4v) is 2.11. The summed E-state index contributed by atoms with van der Waals surface area (Å²) in [5.41, 5.74) is 1.25. The summed E-state index contributed by atoms with van der Waals surface area (Å²) in [6.45, 7) is 1.87. The molecular formula is C18H17FO4. The first-order valence-electron chi connectivity index (χ1n) is 7.14. The van der Waals surface area contributed by atoms with Gasteiger partial charge in [-0.25, -0.2) is 9.18 Å². The monoisotopic (exact) mass is 316 g/mol. The fraction of sp³-hybridized carbons (Fsp3) is 0.222. The topological polar surface area (TPSA) is 52.6 Å². The van der Waals surface area contributed by atoms with Crippen LogP contribution in [-0.4, -0.2) is 19.0 Å². The van der Waals surface area contributed by atoms with Crippen molar-refractivity contribution in [3.8, 4) is 5.75 Å². The number of hydrogen-bond donors (Lipinski definition) is 0. The predicted molar refractivity (Wildman–Crippen MR) is 82.8 cm³/mol. The number of carbonyl (C=O) groups is 2. The van der Waals surface area contributed by atoms with Crippen molar-refractivity contribution in [1.29, 1.82) is 0 Å². The Hall–Kier alpha value is -2.69. The smallest absolute Gasteiger partial charge is 0.337 e. The van der Waals surface area contributed by atoms with Gasteiger partial charge in [0, 0.05) is 0 Å². The highest BCUT2D eigenvalue weighted by Crippen LogP contribution is 2.21. The number of benzene rings is 2. The molecule has 0 fully saturated rings. The van der Waals surface area contributed by atoms with Crippen LogP contribution in [0.3, 0.4) is 0 Å². The van der Waals surface area contributed by atoms with Crippen molar-refractivity contribution in [3.05, 3.63) is 65.5 Å². The van der Waals surface area contributed by atoms with E-state index in [1.54, 1.807) is 12.1 Å². The molecule has 120 valence electrons. The average Bonchev–Trinajstić information content (AvgIpc) is 2.55. The number of rotatable bonds is 5. The highest BCUT2D eigenvalue weighted by molar-refractivity contribution is 5.89. The molecule has 0 aliphatic carbocycles. The van der Waals surface area contributed by atoms with Crippen molar-refractivity contribution in [2.75, 3.05) is 7.11 Å². The van der Waals surface area contributed by atoms with E-state index >= 15 is 0 Å². The minimum absolute atomic E-state index is 0.0857. The van der Waals surface area contributed by atoms with Crippen LogP contribution in [0.2, 0.25) is 0 Å². The number of esters is 2. The van der Waals surface area contributed by atoms with E-state index in [9.17, 15) is 14.0 Å². The third-order valence-corrected chi connectivity index (χ3v) is 3.42. The molecule has 2 rings (SSSR count). The van der Waals surface area contributed by atoms with Crippen molar-refractivity contribution >= 4 is 11.9 Å². The molecule has 5 heteroatoms. The van der Waals surface area contributed by atoms with E-state index in [0.717, 1.165) is 5.56 Å². The molecule has 1 unspecified atom stereocenters. The van der Waals surface area contributed by atoms with Crippen LogP contribution < -0.4 is 4.74 Å². The van der Waals surface area contributed by atoms with Gasteiger partial charge in [0.05, 0.1) is 19.1 Å². The summed E-state index contributed by atoms with van der Waals surface area (Å²) >= 11 is 0. The van der Waals surface area contributed by atoms with E-state index in [0.29, 0.717) is 11.3 Å². The molecule has 0 bridgehead atoms. The maximum absolute atomic E-state index is 12.9. The summed E-state index contributed by atoms with van der Waals surface area (Å²) in [5, 5.41) is 0. The van der Waals surface area contributed by atoms with Gasteiger partial charge in [0.15, 0.2) is 0 Å². The Labute approximate surface area is 133 Å². The first kappa shape index (κ1) is 16.7. The zero-order valence-corrected chi connectivity index (χ0v) is 12.9. The van der Waals surface area contributed by atoms with Gasteiger partial charge in [-0.3, -0.25) is 4.79 Å². The van der Waals surface area contributed by atoms with E-state index < -0.39 is 11.9 Å². The van der Waals surface area contributed by atoms with Crippen molar-refractivity contribution < 1.29 is 23.5 Å². The van der Waals surface area contributed by atoms with Crippen molar-refractivity contribution in [2.24, 2.45) is 0 Å². The first-order chi connectivity index (χ1) is 11.0. The number of carbonyl (C=O) groups excluding carboxylic acids is 2. The molecule has 0 aliphatic heterocycles. The summed E-state index contributed by atoms with van der Waals surface area (Å²) in [5.74, 6) is -0.888. The van der Waals surface area contributed by atoms with Gasteiger partial charge in [-0.2, -0.15) is 0 Å². The quantitative estimate of drug-likeness (QED) is 0.623. The molecule has 4 nitrogen and oxygen atoms in total. The van der Waals surface area contributed by atoms with Crippen LogP contribution in [0, 0.1) is 5.82 Å². The maximum Gasteiger partial charge on any atom is 0.337 e. The molecule has 0 saturated heterocycles. The van der Waals surface area contributed by atoms with Crippen LogP contribution >= 0.6 is 0 Å². The minimum atomic E-state index is -0.451. The van der Waals surface area contributed by atoms with Crippen LogP contribution in [0.4, 0.5) is 4.39 Å². The van der Waals surface area contributed by atoms with Crippen molar-refractivity contribution in [1.82, 2.24) is 0 Å². The van der Waals surface area contributed by atoms with E-state index in [4.69, 9.17) is 4.74 Å². The van der Waals surface area contributed by atoms with Gasteiger partial charge in [-0.1, -0.05) is 19.1 Å². The standard InChI is InChI=1S/C18H17FO4/c1-12(13-3-7-15(19)8-4-13)11-17(20)23-16-9-5-14(6-10-16)18(21)22-2/h3-10,12H,11H2,1-2H3. The molecule has 0 amide bonds. The van der Waals surface area contributed by atoms with Gasteiger partial charge in [-0.05, 0) is 47.9 Å². The molecule has 23 heavy (non-hydrogen) atoms. The Morgan fingerprint density at radius 3 is 2.22 bits per heavy atom. The Morgan fingerprint density at radius 2 is 1.65 bits per heavy atom. The SMILES string of the molecule is COC(=O)c1ccc(OC(=O)CC(C)c2ccc(F)cc2)cc1. The number of ether oxygens (including phenoxy) is 2. The van der Waals surface area contributed by atoms with E-state index in [1.165, 1.54) is 43.5 Å². The van der Waals surface area contributed by atoms with Crippen molar-refractivity contribution in [3.63, 3.8) is 0 Å². The molecule has 0 aromatic heterocycles. The molecule has 0 spiro atoms. The maximum atomic E-state index is 12.9. The van der Waals surface area contributed by atoms with Gasteiger partial charge in [0.25, 0.3) is 0 Å². The number of hydrogen-bond acceptors (Lipinski definition) is 4. The zero-order chi connectivity index (χ0) is 16.8. The molecule has 2 aromatic rings. The second-order valence-corrected chi connectivity index (χ2v) is 5.15. The summed E-state index contributed by atoms with van der Waals surface area (Å²) < 4.78 is 22.7. The molecule has 1 atom stereocenters. The Bertz CT molecular complexity index is 677. The summed E-state index contributed by atoms with van der Waals surface area (Å²) in [6.07, 6.45) is 0.171. The highest BCUT2D eigenvalue weighted by Gasteiger charge is 2.14. The fourth-order valence-electron chi connectivity index (χ4n) is 2.11. The van der Waals surface area contributed by atoms with E-state index in [1.807, 2.05) is 6.92 Å². The van der Waals surface area contributed by atoms with Gasteiger partial charge in [0.2, 0.25) is 0 Å². The van der Waals surface area contributed by atoms with Gasteiger partial charge in [-0.15, -0.1) is 0 Å². The Kier molecular flexibility index (Phi) is 5.46. The minimum Gasteiger partial charge on any atom is -0.465 e. The molecule has 0 aliphatic rings. The first-order valence-corrected chi connectivity index (χ1v) is 7.14. The lowest BCUT2D eigenvalue weighted by atomic mass is 9.98. The lowest BCUT2D eigenvalue weighted by Crippen LogP contribution is -2.11. The van der Waals surface area contributed by atoms with Crippen molar-refractivity contribution in [2.45, 2.75) is 19.3 Å². The summed E-state index contributed by atoms with van der Waals surface area (Å²) in [7, 11) is 1.30. The number of methoxy groups -OCH3 is 1. The van der Waals surface area contributed by atoms with Crippen LogP contribution in [-0.2, 0) is 9.53 Å². The normalized spacial score (nSPS) is 11.6. The number of halogens is 1. The van der Waals surface area contributed by atoms with Crippen LogP contribution in [0.5, 0.6) is 5.75 Å². The highest BCUT2D eigenvalue weighted by atomic mass is 19.1. The lowest BCUT2D eigenvalue weighted by Gasteiger charge is -2.11. The van der Waals surface area contributed by atoms with Gasteiger partial charge in [0.1, 0.15) is 11.6 Å². The average molecular weight is 316 g/mol. The lowest BCUT2D eigenvalue weighted by molar-refractivity contribution is -0.134.